The highest BCUT2D eigenvalue weighted by Crippen LogP contribution is 2.23. The van der Waals surface area contributed by atoms with Crippen LogP contribution in [0.1, 0.15) is 13.8 Å². The van der Waals surface area contributed by atoms with Crippen LogP contribution in [0.4, 0.5) is 5.69 Å². The normalized spacial score (nSPS) is 12.9. The van der Waals surface area contributed by atoms with Crippen LogP contribution in [0.5, 0.6) is 0 Å². The lowest BCUT2D eigenvalue weighted by Crippen LogP contribution is -2.18. The second-order valence-electron chi connectivity index (χ2n) is 4.53. The second-order valence-corrected chi connectivity index (χ2v) is 4.53. The molecule has 0 aliphatic rings. The summed E-state index contributed by atoms with van der Waals surface area (Å²) in [5.41, 5.74) is 3.42. The second kappa shape index (κ2) is 9.38. The van der Waals surface area contributed by atoms with E-state index >= 15 is 0 Å². The Bertz CT molecular complexity index is 537. The summed E-state index contributed by atoms with van der Waals surface area (Å²) in [4.78, 5) is 2.21. The maximum absolute atomic E-state index is 3.69. The Hall–Kier alpha value is -2.54. The number of rotatable bonds is 7. The smallest absolute Gasteiger partial charge is 0.0454 e. The third-order valence-electron chi connectivity index (χ3n) is 2.89. The van der Waals surface area contributed by atoms with Crippen LogP contribution in [0.2, 0.25) is 0 Å². The predicted molar refractivity (Wildman–Crippen MR) is 95.1 cm³/mol. The van der Waals surface area contributed by atoms with E-state index < -0.39 is 0 Å². The monoisotopic (exact) mass is 277 g/mol. The number of nitrogens with zero attached hydrogens (tertiary/aromatic N) is 1. The minimum atomic E-state index is 1.14. The third kappa shape index (κ3) is 5.53. The molecule has 1 heteroatoms. The highest BCUT2D eigenvalue weighted by atomic mass is 15.1. The molecule has 0 N–H and O–H groups in total. The number of para-hydroxylation sites is 1. The van der Waals surface area contributed by atoms with E-state index in [9.17, 15) is 0 Å². The van der Waals surface area contributed by atoms with Gasteiger partial charge < -0.3 is 4.90 Å². The Morgan fingerprint density at radius 1 is 0.810 bits per heavy atom. The zero-order valence-electron chi connectivity index (χ0n) is 12.9. The van der Waals surface area contributed by atoms with E-state index in [1.54, 1.807) is 12.2 Å². The van der Waals surface area contributed by atoms with Gasteiger partial charge in [-0.2, -0.15) is 0 Å². The van der Waals surface area contributed by atoms with Gasteiger partial charge in [0.05, 0.1) is 0 Å². The van der Waals surface area contributed by atoms with Crippen LogP contribution in [-0.4, -0.2) is 0 Å². The van der Waals surface area contributed by atoms with E-state index in [1.165, 1.54) is 0 Å². The fourth-order valence-corrected chi connectivity index (χ4v) is 1.96. The van der Waals surface area contributed by atoms with Gasteiger partial charge in [0, 0.05) is 17.1 Å². The average Bonchev–Trinajstić information content (AvgIpc) is 2.49. The zero-order chi connectivity index (χ0) is 15.5. The van der Waals surface area contributed by atoms with Crippen molar-refractivity contribution in [1.82, 2.24) is 0 Å². The van der Waals surface area contributed by atoms with Gasteiger partial charge in [-0.3, -0.25) is 0 Å². The number of benzene rings is 1. The van der Waals surface area contributed by atoms with Crippen LogP contribution in [-0.2, 0) is 0 Å². The molecule has 0 amide bonds. The Morgan fingerprint density at radius 2 is 1.29 bits per heavy atom. The minimum Gasteiger partial charge on any atom is -0.319 e. The molecule has 0 saturated heterocycles. The first-order valence-electron chi connectivity index (χ1n) is 6.98. The van der Waals surface area contributed by atoms with Crippen molar-refractivity contribution in [1.29, 1.82) is 0 Å². The van der Waals surface area contributed by atoms with Crippen LogP contribution >= 0.6 is 0 Å². The predicted octanol–water partition coefficient (Wildman–Crippen LogP) is 5.79. The van der Waals surface area contributed by atoms with Crippen molar-refractivity contribution in [3.05, 3.63) is 103 Å². The maximum Gasteiger partial charge on any atom is 0.0454 e. The molecule has 0 aliphatic heterocycles. The highest BCUT2D eigenvalue weighted by molar-refractivity contribution is 5.58. The minimum absolute atomic E-state index is 1.14. The van der Waals surface area contributed by atoms with Crippen molar-refractivity contribution in [2.24, 2.45) is 0 Å². The molecular weight excluding hydrogens is 254 g/mol. The standard InChI is InChI=1S/C20H23N/c1-5-7-10-14-18(3)21(19(4)15-11-8-6-2)20-16-12-9-13-17-20/h5-17H,1-2H2,3-4H3/b10-7-,11-8-,18-14+,19-15+. The van der Waals surface area contributed by atoms with Crippen molar-refractivity contribution in [2.75, 3.05) is 4.90 Å². The molecule has 0 heterocycles. The van der Waals surface area contributed by atoms with Crippen LogP contribution in [0, 0.1) is 0 Å². The summed E-state index contributed by atoms with van der Waals surface area (Å²) in [7, 11) is 0. The topological polar surface area (TPSA) is 3.24 Å². The Labute approximate surface area is 128 Å². The fourth-order valence-electron chi connectivity index (χ4n) is 1.96. The van der Waals surface area contributed by atoms with Gasteiger partial charge in [-0.25, -0.2) is 0 Å². The van der Waals surface area contributed by atoms with Gasteiger partial charge in [0.1, 0.15) is 0 Å². The first-order chi connectivity index (χ1) is 10.2. The summed E-state index contributed by atoms with van der Waals surface area (Å²) in [5, 5.41) is 0. The van der Waals surface area contributed by atoms with E-state index in [4.69, 9.17) is 0 Å². The number of allylic oxidation sites excluding steroid dienone is 10. The largest absolute Gasteiger partial charge is 0.319 e. The van der Waals surface area contributed by atoms with Crippen LogP contribution in [0.15, 0.2) is 103 Å². The van der Waals surface area contributed by atoms with Crippen molar-refractivity contribution in [3.63, 3.8) is 0 Å². The van der Waals surface area contributed by atoms with Crippen LogP contribution in [0.25, 0.3) is 0 Å². The first-order valence-corrected chi connectivity index (χ1v) is 6.98. The van der Waals surface area contributed by atoms with E-state index in [0.29, 0.717) is 0 Å². The quantitative estimate of drug-likeness (QED) is 0.570. The van der Waals surface area contributed by atoms with Crippen molar-refractivity contribution in [3.8, 4) is 0 Å². The fraction of sp³-hybridized carbons (Fsp3) is 0.100. The molecule has 0 bridgehead atoms. The molecule has 0 aromatic heterocycles. The van der Waals surface area contributed by atoms with Crippen LogP contribution < -0.4 is 4.90 Å². The summed E-state index contributed by atoms with van der Waals surface area (Å²) >= 11 is 0. The molecule has 0 aliphatic carbocycles. The zero-order valence-corrected chi connectivity index (χ0v) is 12.9. The Balaban J connectivity index is 3.17. The SMILES string of the molecule is C=C/C=C\C=C(/C)N(/C(C)=C/C=C\C=C)c1ccccc1. The molecule has 21 heavy (non-hydrogen) atoms. The first kappa shape index (κ1) is 16.5. The highest BCUT2D eigenvalue weighted by Gasteiger charge is 2.09. The lowest BCUT2D eigenvalue weighted by Gasteiger charge is -2.26. The Kier molecular flexibility index (Phi) is 7.37. The molecule has 0 spiro atoms. The molecule has 0 radical (unpaired) electrons. The van der Waals surface area contributed by atoms with Gasteiger partial charge in [-0.15, -0.1) is 0 Å². The van der Waals surface area contributed by atoms with Gasteiger partial charge in [0.15, 0.2) is 0 Å². The maximum atomic E-state index is 3.69. The average molecular weight is 277 g/mol. The van der Waals surface area contributed by atoms with Gasteiger partial charge in [-0.05, 0) is 38.1 Å². The van der Waals surface area contributed by atoms with Gasteiger partial charge in [0.2, 0.25) is 0 Å². The van der Waals surface area contributed by atoms with Gasteiger partial charge >= 0.3 is 0 Å². The third-order valence-corrected chi connectivity index (χ3v) is 2.89. The number of hydrogen-bond donors (Lipinski definition) is 0. The van der Waals surface area contributed by atoms with E-state index in [2.05, 4.69) is 56.2 Å². The van der Waals surface area contributed by atoms with E-state index in [0.717, 1.165) is 17.1 Å². The molecule has 1 aromatic carbocycles. The lowest BCUT2D eigenvalue weighted by molar-refractivity contribution is 1.06. The molecule has 1 nitrogen and oxygen atoms in total. The van der Waals surface area contributed by atoms with Crippen molar-refractivity contribution in [2.45, 2.75) is 13.8 Å². The molecule has 0 atom stereocenters. The summed E-state index contributed by atoms with van der Waals surface area (Å²) in [5.74, 6) is 0. The molecule has 0 saturated carbocycles. The summed E-state index contributed by atoms with van der Waals surface area (Å²) < 4.78 is 0. The van der Waals surface area contributed by atoms with Crippen LogP contribution in [0.3, 0.4) is 0 Å². The summed E-state index contributed by atoms with van der Waals surface area (Å²) in [6, 6.07) is 10.3. The van der Waals surface area contributed by atoms with Crippen molar-refractivity contribution >= 4 is 5.69 Å². The Morgan fingerprint density at radius 3 is 1.71 bits per heavy atom. The van der Waals surface area contributed by atoms with Gasteiger partial charge in [0.25, 0.3) is 0 Å². The van der Waals surface area contributed by atoms with Crippen molar-refractivity contribution < 1.29 is 0 Å². The summed E-state index contributed by atoms with van der Waals surface area (Å²) in [6.45, 7) is 11.6. The molecule has 1 aromatic rings. The molecule has 0 fully saturated rings. The van der Waals surface area contributed by atoms with Gasteiger partial charge in [-0.1, -0.05) is 67.8 Å². The molecule has 108 valence electrons. The number of anilines is 1. The molecule has 1 rings (SSSR count). The number of hydrogen-bond acceptors (Lipinski definition) is 1. The summed E-state index contributed by atoms with van der Waals surface area (Å²) in [6.07, 6.45) is 15.5. The molecule has 0 unspecified atom stereocenters. The molecular formula is C20H23N. The lowest BCUT2D eigenvalue weighted by atomic mass is 10.2. The van der Waals surface area contributed by atoms with E-state index in [1.807, 2.05) is 42.5 Å². The van der Waals surface area contributed by atoms with E-state index in [-0.39, 0.29) is 0 Å².